The van der Waals surface area contributed by atoms with Crippen LogP contribution in [0.1, 0.15) is 19.4 Å². The summed E-state index contributed by atoms with van der Waals surface area (Å²) >= 11 is 0. The lowest BCUT2D eigenvalue weighted by atomic mass is 10.1. The van der Waals surface area contributed by atoms with Crippen molar-refractivity contribution in [2.75, 3.05) is 25.1 Å². The second kappa shape index (κ2) is 7.07. The molecule has 0 saturated carbocycles. The molecule has 2 rings (SSSR count). The molecule has 0 bridgehead atoms. The van der Waals surface area contributed by atoms with Crippen LogP contribution in [0.15, 0.2) is 47.2 Å². The van der Waals surface area contributed by atoms with Crippen molar-refractivity contribution in [2.24, 2.45) is 4.99 Å². The molecule has 0 spiro atoms. The Morgan fingerprint density at radius 1 is 1.18 bits per heavy atom. The molecule has 0 amide bonds. The number of aryl methyl sites for hydroxylation is 1. The fourth-order valence-electron chi connectivity index (χ4n) is 2.43. The largest absolute Gasteiger partial charge is 0.494 e. The van der Waals surface area contributed by atoms with E-state index in [-0.39, 0.29) is 5.78 Å². The van der Waals surface area contributed by atoms with Gasteiger partial charge in [0, 0.05) is 24.9 Å². The lowest BCUT2D eigenvalue weighted by Gasteiger charge is -2.21. The van der Waals surface area contributed by atoms with Crippen molar-refractivity contribution < 1.29 is 9.53 Å². The molecule has 0 saturated heterocycles. The maximum atomic E-state index is 11.4. The van der Waals surface area contributed by atoms with Crippen molar-refractivity contribution in [2.45, 2.75) is 20.8 Å². The Morgan fingerprint density at radius 2 is 1.91 bits per heavy atom. The number of anilines is 1. The average molecular weight is 298 g/mol. The van der Waals surface area contributed by atoms with Crippen LogP contribution in [0, 0.1) is 6.92 Å². The Bertz CT molecular complexity index is 653. The molecule has 22 heavy (non-hydrogen) atoms. The summed E-state index contributed by atoms with van der Waals surface area (Å²) in [5.41, 5.74) is 3.84. The van der Waals surface area contributed by atoms with E-state index in [9.17, 15) is 4.79 Å². The molecule has 0 atom stereocenters. The molecule has 1 aliphatic carbocycles. The third-order valence-electron chi connectivity index (χ3n) is 3.70. The van der Waals surface area contributed by atoms with Crippen LogP contribution in [0.3, 0.4) is 0 Å². The summed E-state index contributed by atoms with van der Waals surface area (Å²) in [7, 11) is 1.55. The van der Waals surface area contributed by atoms with E-state index in [4.69, 9.17) is 4.74 Å². The van der Waals surface area contributed by atoms with Crippen molar-refractivity contribution in [3.63, 3.8) is 0 Å². The van der Waals surface area contributed by atoms with Gasteiger partial charge in [0.15, 0.2) is 5.78 Å². The molecule has 4 heteroatoms. The number of hydrogen-bond acceptors (Lipinski definition) is 4. The van der Waals surface area contributed by atoms with E-state index in [1.165, 1.54) is 17.8 Å². The number of hydrogen-bond donors (Lipinski definition) is 0. The number of benzene rings is 1. The normalized spacial score (nSPS) is 15.9. The number of ketones is 1. The van der Waals surface area contributed by atoms with Crippen LogP contribution >= 0.6 is 0 Å². The van der Waals surface area contributed by atoms with Crippen molar-refractivity contribution in [1.82, 2.24) is 0 Å². The Balaban J connectivity index is 2.34. The quantitative estimate of drug-likeness (QED) is 0.780. The zero-order valence-corrected chi connectivity index (χ0v) is 13.6. The summed E-state index contributed by atoms with van der Waals surface area (Å²) < 4.78 is 5.23. The summed E-state index contributed by atoms with van der Waals surface area (Å²) in [5.74, 6) is 0.420. The Kier molecular flexibility index (Phi) is 5.15. The molecule has 116 valence electrons. The van der Waals surface area contributed by atoms with Crippen molar-refractivity contribution in [1.29, 1.82) is 0 Å². The highest BCUT2D eigenvalue weighted by Gasteiger charge is 2.13. The van der Waals surface area contributed by atoms with Gasteiger partial charge >= 0.3 is 0 Å². The van der Waals surface area contributed by atoms with E-state index in [1.54, 1.807) is 13.2 Å². The van der Waals surface area contributed by atoms with E-state index in [0.29, 0.717) is 11.5 Å². The molecule has 1 aromatic rings. The summed E-state index contributed by atoms with van der Waals surface area (Å²) in [6.45, 7) is 8.29. The third kappa shape index (κ3) is 3.45. The predicted molar refractivity (Wildman–Crippen MR) is 91.1 cm³/mol. The smallest absolute Gasteiger partial charge is 0.182 e. The first-order valence-corrected chi connectivity index (χ1v) is 7.51. The summed E-state index contributed by atoms with van der Waals surface area (Å²) in [5, 5.41) is 0. The van der Waals surface area contributed by atoms with Gasteiger partial charge in [0.05, 0.1) is 12.8 Å². The summed E-state index contributed by atoms with van der Waals surface area (Å²) in [6, 6.07) is 6.22. The summed E-state index contributed by atoms with van der Waals surface area (Å²) in [4.78, 5) is 18.3. The van der Waals surface area contributed by atoms with E-state index in [1.807, 2.05) is 13.0 Å². The van der Waals surface area contributed by atoms with Crippen LogP contribution in [0.25, 0.3) is 0 Å². The van der Waals surface area contributed by atoms with Gasteiger partial charge < -0.3 is 9.64 Å². The maximum absolute atomic E-state index is 11.4. The first-order valence-electron chi connectivity index (χ1n) is 7.51. The Morgan fingerprint density at radius 3 is 2.50 bits per heavy atom. The lowest BCUT2D eigenvalue weighted by Crippen LogP contribution is -2.21. The van der Waals surface area contributed by atoms with Gasteiger partial charge in [0.2, 0.25) is 0 Å². The fraction of sp³-hybridized carbons (Fsp3) is 0.333. The van der Waals surface area contributed by atoms with Crippen LogP contribution in [0.2, 0.25) is 0 Å². The topological polar surface area (TPSA) is 41.9 Å². The van der Waals surface area contributed by atoms with E-state index < -0.39 is 0 Å². The minimum absolute atomic E-state index is 0.0793. The molecule has 0 aromatic heterocycles. The third-order valence-corrected chi connectivity index (χ3v) is 3.70. The number of ether oxygens (including phenoxy) is 1. The van der Waals surface area contributed by atoms with Gasteiger partial charge in [0.1, 0.15) is 11.5 Å². The molecule has 0 radical (unpaired) electrons. The van der Waals surface area contributed by atoms with E-state index in [0.717, 1.165) is 24.3 Å². The van der Waals surface area contributed by atoms with Crippen molar-refractivity contribution in [3.05, 3.63) is 47.7 Å². The molecular formula is C18H22N2O2. The zero-order valence-electron chi connectivity index (χ0n) is 13.6. The first kappa shape index (κ1) is 16.0. The number of carbonyl (C=O) groups excluding carboxylic acids is 1. The first-order chi connectivity index (χ1) is 10.6. The van der Waals surface area contributed by atoms with Crippen molar-refractivity contribution >= 4 is 22.9 Å². The van der Waals surface area contributed by atoms with Crippen LogP contribution in [-0.2, 0) is 9.53 Å². The Labute approximate surface area is 131 Å². The highest BCUT2D eigenvalue weighted by Crippen LogP contribution is 2.26. The number of rotatable bonds is 5. The number of carbonyl (C=O) groups is 1. The van der Waals surface area contributed by atoms with Gasteiger partial charge in [-0.25, -0.2) is 4.99 Å². The number of nitrogens with zero attached hydrogens (tertiary/aromatic N) is 2. The summed E-state index contributed by atoms with van der Waals surface area (Å²) in [6.07, 6.45) is 4.65. The minimum Gasteiger partial charge on any atom is -0.494 e. The predicted octanol–water partition coefficient (Wildman–Crippen LogP) is 3.58. The van der Waals surface area contributed by atoms with E-state index in [2.05, 4.69) is 35.9 Å². The zero-order chi connectivity index (χ0) is 16.1. The van der Waals surface area contributed by atoms with Crippen molar-refractivity contribution in [3.8, 4) is 0 Å². The van der Waals surface area contributed by atoms with Gasteiger partial charge in [-0.05, 0) is 56.7 Å². The molecule has 0 N–H and O–H groups in total. The van der Waals surface area contributed by atoms with Crippen LogP contribution in [0.5, 0.6) is 0 Å². The average Bonchev–Trinajstić information content (AvgIpc) is 2.52. The molecule has 1 aromatic carbocycles. The van der Waals surface area contributed by atoms with Gasteiger partial charge in [0.25, 0.3) is 0 Å². The monoisotopic (exact) mass is 298 g/mol. The SMILES string of the molecule is CCN(CC)c1ccc(/N=C2/C=CC(=O)C=C2OC)c(C)c1. The highest BCUT2D eigenvalue weighted by atomic mass is 16.5. The molecule has 1 aliphatic rings. The van der Waals surface area contributed by atoms with Gasteiger partial charge in [-0.1, -0.05) is 0 Å². The number of allylic oxidation sites excluding steroid dienone is 3. The lowest BCUT2D eigenvalue weighted by molar-refractivity contribution is -0.110. The van der Waals surface area contributed by atoms with Gasteiger partial charge in [-0.15, -0.1) is 0 Å². The molecule has 0 unspecified atom stereocenters. The van der Waals surface area contributed by atoms with E-state index >= 15 is 0 Å². The van der Waals surface area contributed by atoms with Crippen LogP contribution < -0.4 is 4.90 Å². The van der Waals surface area contributed by atoms with Crippen LogP contribution in [-0.4, -0.2) is 31.7 Å². The molecule has 0 fully saturated rings. The Hall–Kier alpha value is -2.36. The standard InChI is InChI=1S/C18H22N2O2/c1-5-20(6-2)14-7-9-16(13(3)11-14)19-17-10-8-15(21)12-18(17)22-4/h7-12H,5-6H2,1-4H3/b19-17-. The molecule has 4 nitrogen and oxygen atoms in total. The highest BCUT2D eigenvalue weighted by molar-refractivity contribution is 6.19. The van der Waals surface area contributed by atoms with Gasteiger partial charge in [-0.2, -0.15) is 0 Å². The fourth-order valence-corrected chi connectivity index (χ4v) is 2.43. The van der Waals surface area contributed by atoms with Crippen LogP contribution in [0.4, 0.5) is 11.4 Å². The minimum atomic E-state index is -0.0793. The second-order valence-electron chi connectivity index (χ2n) is 5.09. The second-order valence-corrected chi connectivity index (χ2v) is 5.09. The number of methoxy groups -OCH3 is 1. The molecule has 0 heterocycles. The van der Waals surface area contributed by atoms with Gasteiger partial charge in [-0.3, -0.25) is 4.79 Å². The molecular weight excluding hydrogens is 276 g/mol. The maximum Gasteiger partial charge on any atom is 0.182 e. The molecule has 0 aliphatic heterocycles. The number of aliphatic imine (C=N–C) groups is 1.